The first kappa shape index (κ1) is 12.6. The van der Waals surface area contributed by atoms with E-state index in [2.05, 4.69) is 18.9 Å². The molecule has 1 aromatic heterocycles. The average molecular weight is 238 g/mol. The van der Waals surface area contributed by atoms with Crippen molar-refractivity contribution in [2.45, 2.75) is 45.3 Å². The maximum Gasteiger partial charge on any atom is 0.111 e. The van der Waals surface area contributed by atoms with Gasteiger partial charge in [-0.3, -0.25) is 4.68 Å². The van der Waals surface area contributed by atoms with Gasteiger partial charge in [0.05, 0.1) is 12.3 Å². The van der Waals surface area contributed by atoms with Gasteiger partial charge >= 0.3 is 0 Å². The molecular weight excluding hydrogens is 216 g/mol. The van der Waals surface area contributed by atoms with Crippen LogP contribution < -0.4 is 0 Å². The van der Waals surface area contributed by atoms with E-state index in [1.807, 2.05) is 17.7 Å². The molecule has 4 nitrogen and oxygen atoms in total. The van der Waals surface area contributed by atoms with Gasteiger partial charge in [-0.25, -0.2) is 0 Å². The molecule has 1 aliphatic heterocycles. The second-order valence-corrected chi connectivity index (χ2v) is 5.09. The molecule has 2 atom stereocenters. The highest BCUT2D eigenvalue weighted by Crippen LogP contribution is 2.38. The summed E-state index contributed by atoms with van der Waals surface area (Å²) >= 11 is 0. The molecule has 2 unspecified atom stereocenters. The lowest BCUT2D eigenvalue weighted by molar-refractivity contribution is -0.0388. The summed E-state index contributed by atoms with van der Waals surface area (Å²) in [7, 11) is 0. The summed E-state index contributed by atoms with van der Waals surface area (Å²) in [6, 6.07) is 2.20. The maximum atomic E-state index is 11.0. The molecule has 2 rings (SSSR count). The summed E-state index contributed by atoms with van der Waals surface area (Å²) in [5.74, 6) is 0.182. The summed E-state index contributed by atoms with van der Waals surface area (Å²) in [6.07, 6.45) is 3.39. The van der Waals surface area contributed by atoms with Crippen molar-refractivity contribution < 1.29 is 9.84 Å². The Kier molecular flexibility index (Phi) is 3.54. The lowest BCUT2D eigenvalue weighted by Crippen LogP contribution is -2.37. The van der Waals surface area contributed by atoms with Crippen LogP contribution >= 0.6 is 0 Å². The number of ether oxygens (including phenoxy) is 1. The minimum Gasteiger partial charge on any atom is -0.383 e. The van der Waals surface area contributed by atoms with Crippen LogP contribution in [0.4, 0.5) is 0 Å². The van der Waals surface area contributed by atoms with E-state index in [0.717, 1.165) is 18.7 Å². The number of hydrogen-bond donors (Lipinski definition) is 1. The first-order valence-corrected chi connectivity index (χ1v) is 6.43. The van der Waals surface area contributed by atoms with Crippen LogP contribution in [0.2, 0.25) is 0 Å². The van der Waals surface area contributed by atoms with Crippen molar-refractivity contribution >= 4 is 0 Å². The topological polar surface area (TPSA) is 47.3 Å². The molecule has 1 fully saturated rings. The van der Waals surface area contributed by atoms with Crippen LogP contribution in [0.1, 0.15) is 45.3 Å². The number of aliphatic hydroxyl groups is 1. The van der Waals surface area contributed by atoms with E-state index >= 15 is 0 Å². The third-order valence-corrected chi connectivity index (χ3v) is 3.75. The SMILES string of the molecule is CCC(O)(c1ccnn1C(C)C)C1CCOC1. The number of rotatable bonds is 4. The van der Waals surface area contributed by atoms with Gasteiger partial charge in [0, 0.05) is 24.8 Å². The van der Waals surface area contributed by atoms with Crippen LogP contribution in [0.3, 0.4) is 0 Å². The van der Waals surface area contributed by atoms with Gasteiger partial charge in [-0.15, -0.1) is 0 Å². The minimum atomic E-state index is -0.808. The molecule has 1 aliphatic rings. The fourth-order valence-electron chi connectivity index (χ4n) is 2.66. The lowest BCUT2D eigenvalue weighted by Gasteiger charge is -2.33. The van der Waals surface area contributed by atoms with E-state index in [1.54, 1.807) is 6.20 Å². The van der Waals surface area contributed by atoms with Crippen molar-refractivity contribution in [1.29, 1.82) is 0 Å². The Bertz CT molecular complexity index is 369. The second-order valence-electron chi connectivity index (χ2n) is 5.09. The Morgan fingerprint density at radius 1 is 1.65 bits per heavy atom. The molecular formula is C13H22N2O2. The lowest BCUT2D eigenvalue weighted by atomic mass is 9.81. The first-order valence-electron chi connectivity index (χ1n) is 6.43. The third kappa shape index (κ3) is 2.11. The van der Waals surface area contributed by atoms with Crippen LogP contribution in [-0.2, 0) is 10.3 Å². The van der Waals surface area contributed by atoms with E-state index in [-0.39, 0.29) is 12.0 Å². The Balaban J connectivity index is 2.36. The Hall–Kier alpha value is -0.870. The van der Waals surface area contributed by atoms with Crippen LogP contribution in [0.15, 0.2) is 12.3 Å². The number of hydrogen-bond acceptors (Lipinski definition) is 3. The van der Waals surface area contributed by atoms with Crippen LogP contribution in [0.25, 0.3) is 0 Å². The summed E-state index contributed by atoms with van der Waals surface area (Å²) in [5.41, 5.74) is 0.113. The van der Waals surface area contributed by atoms with E-state index < -0.39 is 5.60 Å². The monoisotopic (exact) mass is 238 g/mol. The molecule has 0 aromatic carbocycles. The Labute approximate surface area is 103 Å². The molecule has 2 heterocycles. The van der Waals surface area contributed by atoms with Crippen molar-refractivity contribution in [1.82, 2.24) is 9.78 Å². The fourth-order valence-corrected chi connectivity index (χ4v) is 2.66. The molecule has 0 saturated carbocycles. The van der Waals surface area contributed by atoms with E-state index in [0.29, 0.717) is 13.0 Å². The predicted octanol–water partition coefficient (Wildman–Crippen LogP) is 2.10. The molecule has 0 radical (unpaired) electrons. The van der Waals surface area contributed by atoms with Crippen LogP contribution in [-0.4, -0.2) is 28.1 Å². The molecule has 0 spiro atoms. The van der Waals surface area contributed by atoms with Gasteiger partial charge in [-0.05, 0) is 32.8 Å². The quantitative estimate of drug-likeness (QED) is 0.873. The van der Waals surface area contributed by atoms with Gasteiger partial charge in [0.15, 0.2) is 0 Å². The third-order valence-electron chi connectivity index (χ3n) is 3.75. The smallest absolute Gasteiger partial charge is 0.111 e. The minimum absolute atomic E-state index is 0.182. The summed E-state index contributed by atoms with van der Waals surface area (Å²) < 4.78 is 7.33. The van der Waals surface area contributed by atoms with Crippen molar-refractivity contribution in [2.24, 2.45) is 5.92 Å². The highest BCUT2D eigenvalue weighted by Gasteiger charge is 2.41. The van der Waals surface area contributed by atoms with Crippen molar-refractivity contribution in [3.63, 3.8) is 0 Å². The highest BCUT2D eigenvalue weighted by atomic mass is 16.5. The van der Waals surface area contributed by atoms with Gasteiger partial charge in [-0.1, -0.05) is 6.92 Å². The second kappa shape index (κ2) is 4.78. The van der Waals surface area contributed by atoms with Crippen LogP contribution in [0.5, 0.6) is 0 Å². The predicted molar refractivity (Wildman–Crippen MR) is 65.7 cm³/mol. The van der Waals surface area contributed by atoms with Gasteiger partial charge in [-0.2, -0.15) is 5.10 Å². The zero-order valence-electron chi connectivity index (χ0n) is 10.9. The largest absolute Gasteiger partial charge is 0.383 e. The zero-order valence-corrected chi connectivity index (χ0v) is 10.9. The molecule has 1 aromatic rings. The van der Waals surface area contributed by atoms with Crippen molar-refractivity contribution in [2.75, 3.05) is 13.2 Å². The molecule has 1 N–H and O–H groups in total. The average Bonchev–Trinajstić information content (AvgIpc) is 2.98. The summed E-state index contributed by atoms with van der Waals surface area (Å²) in [5, 5.41) is 15.3. The molecule has 96 valence electrons. The molecule has 0 bridgehead atoms. The normalized spacial score (nSPS) is 24.2. The van der Waals surface area contributed by atoms with Crippen molar-refractivity contribution in [3.05, 3.63) is 18.0 Å². The van der Waals surface area contributed by atoms with Crippen molar-refractivity contribution in [3.8, 4) is 0 Å². The molecule has 17 heavy (non-hydrogen) atoms. The van der Waals surface area contributed by atoms with Gasteiger partial charge in [0.2, 0.25) is 0 Å². The van der Waals surface area contributed by atoms with E-state index in [9.17, 15) is 5.11 Å². The summed E-state index contributed by atoms with van der Waals surface area (Å²) in [4.78, 5) is 0. The highest BCUT2D eigenvalue weighted by molar-refractivity contribution is 5.15. The summed E-state index contributed by atoms with van der Waals surface area (Å²) in [6.45, 7) is 7.59. The molecule has 1 saturated heterocycles. The van der Waals surface area contributed by atoms with Gasteiger partial charge in [0.25, 0.3) is 0 Å². The maximum absolute atomic E-state index is 11.0. The Morgan fingerprint density at radius 2 is 2.41 bits per heavy atom. The molecule has 0 amide bonds. The van der Waals surface area contributed by atoms with Gasteiger partial charge < -0.3 is 9.84 Å². The fraction of sp³-hybridized carbons (Fsp3) is 0.769. The van der Waals surface area contributed by atoms with Gasteiger partial charge in [0.1, 0.15) is 5.60 Å². The standard InChI is InChI=1S/C13H22N2O2/c1-4-13(16,11-6-8-17-9-11)12-5-7-14-15(12)10(2)3/h5,7,10-11,16H,4,6,8-9H2,1-3H3. The number of aromatic nitrogens is 2. The Morgan fingerprint density at radius 3 is 2.94 bits per heavy atom. The van der Waals surface area contributed by atoms with Crippen LogP contribution in [0, 0.1) is 5.92 Å². The molecule has 4 heteroatoms. The first-order chi connectivity index (χ1) is 8.09. The van der Waals surface area contributed by atoms with E-state index in [1.165, 1.54) is 0 Å². The number of nitrogens with zero attached hydrogens (tertiary/aromatic N) is 2. The van der Waals surface area contributed by atoms with E-state index in [4.69, 9.17) is 4.74 Å². The molecule has 0 aliphatic carbocycles. The zero-order chi connectivity index (χ0) is 12.5.